The highest BCUT2D eigenvalue weighted by atomic mass is 32.1. The van der Waals surface area contributed by atoms with Crippen molar-refractivity contribution in [2.75, 3.05) is 13.2 Å². The van der Waals surface area contributed by atoms with Crippen molar-refractivity contribution in [1.29, 1.82) is 0 Å². The first-order valence-corrected chi connectivity index (χ1v) is 5.38. The normalized spacial score (nSPS) is 11.6. The predicted molar refractivity (Wildman–Crippen MR) is 56.0 cm³/mol. The molecule has 1 heterocycles. The predicted octanol–water partition coefficient (Wildman–Crippen LogP) is 1.12. The number of nitrogens with one attached hydrogen (secondary N) is 1. The third-order valence-electron chi connectivity index (χ3n) is 1.85. The van der Waals surface area contributed by atoms with Gasteiger partial charge in [0.15, 0.2) is 0 Å². The molecular formula is C9H12F2N2O2S. The van der Waals surface area contributed by atoms with Crippen molar-refractivity contribution in [3.8, 4) is 0 Å². The fraction of sp³-hybridized carbons (Fsp3) is 0.556. The fourth-order valence-electron chi connectivity index (χ4n) is 1.09. The summed E-state index contributed by atoms with van der Waals surface area (Å²) in [6.07, 6.45) is 0. The lowest BCUT2D eigenvalue weighted by atomic mass is 10.3. The van der Waals surface area contributed by atoms with Gasteiger partial charge in [0.05, 0.1) is 17.2 Å². The molecule has 0 aromatic carbocycles. The fourth-order valence-corrected chi connectivity index (χ4v) is 1.92. The number of hydrogen-bond donors (Lipinski definition) is 2. The van der Waals surface area contributed by atoms with Crippen LogP contribution in [-0.2, 0) is 0 Å². The molecule has 2 N–H and O–H groups in total. The lowest BCUT2D eigenvalue weighted by molar-refractivity contribution is -0.0461. The Morgan fingerprint density at radius 3 is 2.62 bits per heavy atom. The van der Waals surface area contributed by atoms with Crippen molar-refractivity contribution < 1.29 is 18.7 Å². The number of carbonyl (C=O) groups excluding carboxylic acids is 1. The molecule has 0 aliphatic heterocycles. The summed E-state index contributed by atoms with van der Waals surface area (Å²) in [4.78, 5) is 15.8. The van der Waals surface area contributed by atoms with E-state index in [1.165, 1.54) is 0 Å². The second kappa shape index (κ2) is 4.84. The van der Waals surface area contributed by atoms with Crippen molar-refractivity contribution in [1.82, 2.24) is 10.3 Å². The number of aliphatic hydroxyl groups excluding tert-OH is 1. The van der Waals surface area contributed by atoms with Crippen LogP contribution in [0.4, 0.5) is 8.78 Å². The van der Waals surface area contributed by atoms with Gasteiger partial charge in [0.2, 0.25) is 0 Å². The van der Waals surface area contributed by atoms with Crippen LogP contribution in [0.1, 0.15) is 20.4 Å². The Morgan fingerprint density at radius 1 is 1.56 bits per heavy atom. The smallest absolute Gasteiger partial charge is 0.287 e. The molecule has 16 heavy (non-hydrogen) atoms. The van der Waals surface area contributed by atoms with E-state index >= 15 is 0 Å². The molecule has 0 aliphatic carbocycles. The quantitative estimate of drug-likeness (QED) is 0.841. The summed E-state index contributed by atoms with van der Waals surface area (Å²) in [5.41, 5.74) is 0.521. The first-order valence-electron chi connectivity index (χ1n) is 4.56. The molecule has 0 saturated heterocycles. The maximum Gasteiger partial charge on any atom is 0.287 e. The number of rotatable bonds is 4. The number of thiazole rings is 1. The summed E-state index contributed by atoms with van der Waals surface area (Å²) in [6, 6.07) is 0. The standard InChI is InChI=1S/C9H12F2N2O2S/c1-5-7(16-6(2)13-5)8(15)12-3-9(10,11)4-14/h14H,3-4H2,1-2H3,(H,12,15). The average Bonchev–Trinajstić information content (AvgIpc) is 2.54. The largest absolute Gasteiger partial charge is 0.390 e. The molecule has 0 radical (unpaired) electrons. The van der Waals surface area contributed by atoms with Gasteiger partial charge in [-0.15, -0.1) is 11.3 Å². The van der Waals surface area contributed by atoms with Crippen LogP contribution < -0.4 is 5.32 Å². The second-order valence-electron chi connectivity index (χ2n) is 3.34. The number of aromatic nitrogens is 1. The molecule has 1 aromatic heterocycles. The first kappa shape index (κ1) is 13.0. The number of amides is 1. The van der Waals surface area contributed by atoms with Gasteiger partial charge in [0, 0.05) is 0 Å². The maximum absolute atomic E-state index is 12.7. The number of alkyl halides is 2. The van der Waals surface area contributed by atoms with E-state index in [0.717, 1.165) is 11.3 Å². The van der Waals surface area contributed by atoms with Gasteiger partial charge < -0.3 is 10.4 Å². The van der Waals surface area contributed by atoms with Crippen LogP contribution in [0.25, 0.3) is 0 Å². The molecule has 4 nitrogen and oxygen atoms in total. The molecule has 90 valence electrons. The minimum Gasteiger partial charge on any atom is -0.390 e. The van der Waals surface area contributed by atoms with Crippen molar-refractivity contribution in [3.63, 3.8) is 0 Å². The Labute approximate surface area is 95.3 Å². The molecule has 0 bridgehead atoms. The highest BCUT2D eigenvalue weighted by Gasteiger charge is 2.28. The van der Waals surface area contributed by atoms with Crippen LogP contribution in [0.15, 0.2) is 0 Å². The van der Waals surface area contributed by atoms with Crippen LogP contribution in [-0.4, -0.2) is 35.1 Å². The third kappa shape index (κ3) is 3.21. The minimum atomic E-state index is -3.29. The van der Waals surface area contributed by atoms with E-state index < -0.39 is 25.0 Å². The number of aryl methyl sites for hydroxylation is 2. The van der Waals surface area contributed by atoms with E-state index in [1.54, 1.807) is 13.8 Å². The van der Waals surface area contributed by atoms with Gasteiger partial charge in [-0.3, -0.25) is 4.79 Å². The van der Waals surface area contributed by atoms with Crippen molar-refractivity contribution in [2.45, 2.75) is 19.8 Å². The summed E-state index contributed by atoms with van der Waals surface area (Å²) in [5, 5.41) is 11.1. The molecule has 1 rings (SSSR count). The van der Waals surface area contributed by atoms with Crippen LogP contribution in [0.5, 0.6) is 0 Å². The zero-order chi connectivity index (χ0) is 12.3. The van der Waals surface area contributed by atoms with Crippen molar-refractivity contribution in [3.05, 3.63) is 15.6 Å². The Balaban J connectivity index is 2.63. The third-order valence-corrected chi connectivity index (χ3v) is 2.92. The Bertz CT molecular complexity index is 393. The Hall–Kier alpha value is -1.08. The molecule has 0 unspecified atom stereocenters. The molecule has 0 saturated carbocycles. The Kier molecular flexibility index (Phi) is 3.93. The van der Waals surface area contributed by atoms with Crippen molar-refractivity contribution in [2.24, 2.45) is 0 Å². The van der Waals surface area contributed by atoms with E-state index in [2.05, 4.69) is 10.3 Å². The molecule has 0 spiro atoms. The summed E-state index contributed by atoms with van der Waals surface area (Å²) in [7, 11) is 0. The van der Waals surface area contributed by atoms with E-state index in [-0.39, 0.29) is 0 Å². The average molecular weight is 250 g/mol. The monoisotopic (exact) mass is 250 g/mol. The maximum atomic E-state index is 12.7. The second-order valence-corrected chi connectivity index (χ2v) is 4.55. The van der Waals surface area contributed by atoms with Gasteiger partial charge in [-0.2, -0.15) is 0 Å². The van der Waals surface area contributed by atoms with Gasteiger partial charge in [-0.1, -0.05) is 0 Å². The molecular weight excluding hydrogens is 238 g/mol. The highest BCUT2D eigenvalue weighted by molar-refractivity contribution is 7.13. The zero-order valence-corrected chi connectivity index (χ0v) is 9.70. The van der Waals surface area contributed by atoms with Gasteiger partial charge >= 0.3 is 0 Å². The van der Waals surface area contributed by atoms with Crippen LogP contribution in [0, 0.1) is 13.8 Å². The SMILES string of the molecule is Cc1nc(C)c(C(=O)NCC(F)(F)CO)s1. The highest BCUT2D eigenvalue weighted by Crippen LogP contribution is 2.17. The molecule has 1 amide bonds. The lowest BCUT2D eigenvalue weighted by Crippen LogP contribution is -2.38. The van der Waals surface area contributed by atoms with E-state index in [1.807, 2.05) is 0 Å². The topological polar surface area (TPSA) is 62.2 Å². The van der Waals surface area contributed by atoms with Gasteiger partial charge in [-0.25, -0.2) is 13.8 Å². The van der Waals surface area contributed by atoms with Crippen molar-refractivity contribution >= 4 is 17.2 Å². The van der Waals surface area contributed by atoms with Gasteiger partial charge in [0.1, 0.15) is 11.5 Å². The molecule has 1 aromatic rings. The van der Waals surface area contributed by atoms with Crippen LogP contribution in [0.2, 0.25) is 0 Å². The first-order chi connectivity index (χ1) is 7.35. The summed E-state index contributed by atoms with van der Waals surface area (Å²) >= 11 is 1.15. The number of carbonyl (C=O) groups is 1. The molecule has 0 aliphatic rings. The van der Waals surface area contributed by atoms with E-state index in [4.69, 9.17) is 5.11 Å². The summed E-state index contributed by atoms with van der Waals surface area (Å²) < 4.78 is 25.3. The number of nitrogens with zero attached hydrogens (tertiary/aromatic N) is 1. The Morgan fingerprint density at radius 2 is 2.19 bits per heavy atom. The summed E-state index contributed by atoms with van der Waals surface area (Å²) in [5.74, 6) is -3.88. The summed E-state index contributed by atoms with van der Waals surface area (Å²) in [6.45, 7) is 1.21. The van der Waals surface area contributed by atoms with Crippen LogP contribution in [0.3, 0.4) is 0 Å². The number of hydrogen-bond acceptors (Lipinski definition) is 4. The van der Waals surface area contributed by atoms with E-state index in [9.17, 15) is 13.6 Å². The lowest BCUT2D eigenvalue weighted by Gasteiger charge is -2.13. The van der Waals surface area contributed by atoms with E-state index in [0.29, 0.717) is 15.6 Å². The molecule has 0 fully saturated rings. The van der Waals surface area contributed by atoms with Gasteiger partial charge in [0.25, 0.3) is 11.8 Å². The van der Waals surface area contributed by atoms with Gasteiger partial charge in [-0.05, 0) is 13.8 Å². The number of halogens is 2. The minimum absolute atomic E-state index is 0.325. The zero-order valence-electron chi connectivity index (χ0n) is 8.88. The molecule has 7 heteroatoms. The molecule has 0 atom stereocenters. The van der Waals surface area contributed by atoms with Crippen LogP contribution >= 0.6 is 11.3 Å². The number of aliphatic hydroxyl groups is 1.